The number of nitriles is 1. The average molecular weight is 264 g/mol. The van der Waals surface area contributed by atoms with Crippen LogP contribution in [0.1, 0.15) is 22.5 Å². The fourth-order valence-corrected chi connectivity index (χ4v) is 2.07. The van der Waals surface area contributed by atoms with Crippen LogP contribution in [0, 0.1) is 25.2 Å². The number of benzene rings is 1. The van der Waals surface area contributed by atoms with Crippen LogP contribution in [0.15, 0.2) is 24.3 Å². The summed E-state index contributed by atoms with van der Waals surface area (Å²) in [5, 5.41) is 8.75. The quantitative estimate of drug-likeness (QED) is 0.824. The Balaban J connectivity index is 2.62. The molecule has 98 valence electrons. The van der Waals surface area contributed by atoms with Gasteiger partial charge >= 0.3 is 6.18 Å². The number of nitrogens with zero attached hydrogens (tertiary/aromatic N) is 1. The third kappa shape index (κ3) is 2.48. The fraction of sp³-hybridized carbons (Fsp3) is 0.214. The van der Waals surface area contributed by atoms with E-state index in [0.29, 0.717) is 11.1 Å². The molecular weight excluding hydrogens is 253 g/mol. The number of aryl methyl sites for hydroxylation is 2. The van der Waals surface area contributed by atoms with Gasteiger partial charge < -0.3 is 4.98 Å². The van der Waals surface area contributed by atoms with Crippen molar-refractivity contribution < 1.29 is 13.2 Å². The zero-order chi connectivity index (χ0) is 14.2. The first kappa shape index (κ1) is 13.2. The SMILES string of the molecule is Cc1cc(-c2ccc(C#N)c(C(F)(F)F)c2)c(C)[nH]1. The van der Waals surface area contributed by atoms with Gasteiger partial charge in [0, 0.05) is 17.0 Å². The van der Waals surface area contributed by atoms with Crippen LogP contribution in [0.5, 0.6) is 0 Å². The molecule has 0 unspecified atom stereocenters. The van der Waals surface area contributed by atoms with Crippen LogP contribution in [0.2, 0.25) is 0 Å². The van der Waals surface area contributed by atoms with Gasteiger partial charge in [-0.05, 0) is 37.6 Å². The lowest BCUT2D eigenvalue weighted by Crippen LogP contribution is -2.07. The van der Waals surface area contributed by atoms with Gasteiger partial charge in [0.05, 0.1) is 17.2 Å². The molecule has 0 aliphatic rings. The summed E-state index contributed by atoms with van der Waals surface area (Å²) >= 11 is 0. The second-order valence-corrected chi connectivity index (χ2v) is 4.36. The molecule has 5 heteroatoms. The van der Waals surface area contributed by atoms with Crippen LogP contribution < -0.4 is 0 Å². The van der Waals surface area contributed by atoms with Crippen molar-refractivity contribution in [3.63, 3.8) is 0 Å². The standard InChI is InChI=1S/C14H11F3N2/c1-8-5-12(9(2)19-8)10-3-4-11(7-18)13(6-10)14(15,16)17/h3-6,19H,1-2H3. The van der Waals surface area contributed by atoms with E-state index in [0.717, 1.165) is 17.5 Å². The molecule has 1 aromatic carbocycles. The maximum Gasteiger partial charge on any atom is 0.417 e. The number of hydrogen-bond acceptors (Lipinski definition) is 1. The lowest BCUT2D eigenvalue weighted by Gasteiger charge is -2.10. The molecule has 0 saturated heterocycles. The minimum Gasteiger partial charge on any atom is -0.362 e. The van der Waals surface area contributed by atoms with E-state index in [1.54, 1.807) is 19.1 Å². The molecular formula is C14H11F3N2. The number of halogens is 3. The predicted octanol–water partition coefficient (Wildman–Crippen LogP) is 4.19. The van der Waals surface area contributed by atoms with Gasteiger partial charge in [-0.15, -0.1) is 0 Å². The van der Waals surface area contributed by atoms with Crippen LogP contribution in [0.3, 0.4) is 0 Å². The van der Waals surface area contributed by atoms with Crippen molar-refractivity contribution >= 4 is 0 Å². The molecule has 2 nitrogen and oxygen atoms in total. The van der Waals surface area contributed by atoms with Gasteiger partial charge in [-0.2, -0.15) is 18.4 Å². The Hall–Kier alpha value is -2.22. The van der Waals surface area contributed by atoms with Crippen molar-refractivity contribution in [1.82, 2.24) is 4.98 Å². The summed E-state index contributed by atoms with van der Waals surface area (Å²) in [4.78, 5) is 3.05. The molecule has 1 heterocycles. The highest BCUT2D eigenvalue weighted by molar-refractivity contribution is 5.69. The van der Waals surface area contributed by atoms with Crippen LogP contribution in [0.4, 0.5) is 13.2 Å². The number of alkyl halides is 3. The zero-order valence-corrected chi connectivity index (χ0v) is 10.4. The largest absolute Gasteiger partial charge is 0.417 e. The number of hydrogen-bond donors (Lipinski definition) is 1. The summed E-state index contributed by atoms with van der Waals surface area (Å²) in [6, 6.07) is 7.12. The van der Waals surface area contributed by atoms with Crippen LogP contribution in [-0.4, -0.2) is 4.98 Å². The molecule has 0 atom stereocenters. The summed E-state index contributed by atoms with van der Waals surface area (Å²) in [6.07, 6.45) is -4.53. The van der Waals surface area contributed by atoms with Crippen molar-refractivity contribution in [2.75, 3.05) is 0 Å². The Morgan fingerprint density at radius 1 is 1.16 bits per heavy atom. The van der Waals surface area contributed by atoms with Gasteiger partial charge in [0.25, 0.3) is 0 Å². The number of rotatable bonds is 1. The molecule has 0 aliphatic carbocycles. The first-order valence-electron chi connectivity index (χ1n) is 5.61. The summed E-state index contributed by atoms with van der Waals surface area (Å²) in [7, 11) is 0. The minimum absolute atomic E-state index is 0.360. The highest BCUT2D eigenvalue weighted by Crippen LogP contribution is 2.35. The molecule has 0 spiro atoms. The molecule has 0 radical (unpaired) electrons. The second-order valence-electron chi connectivity index (χ2n) is 4.36. The highest BCUT2D eigenvalue weighted by atomic mass is 19.4. The van der Waals surface area contributed by atoms with Crippen molar-refractivity contribution in [2.45, 2.75) is 20.0 Å². The Morgan fingerprint density at radius 3 is 2.32 bits per heavy atom. The predicted molar refractivity (Wildman–Crippen MR) is 65.4 cm³/mol. The van der Waals surface area contributed by atoms with Crippen molar-refractivity contribution in [3.8, 4) is 17.2 Å². The van der Waals surface area contributed by atoms with E-state index in [2.05, 4.69) is 4.98 Å². The Kier molecular flexibility index (Phi) is 3.11. The lowest BCUT2D eigenvalue weighted by atomic mass is 9.99. The van der Waals surface area contributed by atoms with Crippen LogP contribution in [0.25, 0.3) is 11.1 Å². The Bertz CT molecular complexity index is 660. The summed E-state index contributed by atoms with van der Waals surface area (Å²) in [5.41, 5.74) is 1.59. The number of nitrogens with one attached hydrogen (secondary N) is 1. The van der Waals surface area contributed by atoms with E-state index in [9.17, 15) is 13.2 Å². The van der Waals surface area contributed by atoms with Crippen molar-refractivity contribution in [2.24, 2.45) is 0 Å². The van der Waals surface area contributed by atoms with Gasteiger partial charge in [0.15, 0.2) is 0 Å². The number of H-pyrrole nitrogens is 1. The van der Waals surface area contributed by atoms with Gasteiger partial charge in [-0.1, -0.05) is 6.07 Å². The summed E-state index contributed by atoms with van der Waals surface area (Å²) in [5.74, 6) is 0. The minimum atomic E-state index is -4.53. The monoisotopic (exact) mass is 264 g/mol. The van der Waals surface area contributed by atoms with Gasteiger partial charge in [-0.25, -0.2) is 0 Å². The number of aromatic amines is 1. The molecule has 19 heavy (non-hydrogen) atoms. The fourth-order valence-electron chi connectivity index (χ4n) is 2.07. The normalized spacial score (nSPS) is 11.4. The van der Waals surface area contributed by atoms with Crippen molar-refractivity contribution in [1.29, 1.82) is 5.26 Å². The van der Waals surface area contributed by atoms with E-state index in [1.807, 2.05) is 6.92 Å². The molecule has 0 saturated carbocycles. The first-order chi connectivity index (χ1) is 8.82. The Labute approximate surface area is 108 Å². The van der Waals surface area contributed by atoms with E-state index >= 15 is 0 Å². The maximum absolute atomic E-state index is 12.9. The molecule has 1 N–H and O–H groups in total. The molecule has 0 fully saturated rings. The average Bonchev–Trinajstić information content (AvgIpc) is 2.66. The first-order valence-corrected chi connectivity index (χ1v) is 5.61. The molecule has 0 amide bonds. The second kappa shape index (κ2) is 4.47. The van der Waals surface area contributed by atoms with E-state index in [1.165, 1.54) is 12.1 Å². The smallest absolute Gasteiger partial charge is 0.362 e. The zero-order valence-electron chi connectivity index (χ0n) is 10.4. The topological polar surface area (TPSA) is 39.6 Å². The van der Waals surface area contributed by atoms with Gasteiger partial charge in [0.1, 0.15) is 0 Å². The third-order valence-corrected chi connectivity index (χ3v) is 2.91. The van der Waals surface area contributed by atoms with Crippen molar-refractivity contribution in [3.05, 3.63) is 46.8 Å². The van der Waals surface area contributed by atoms with E-state index in [4.69, 9.17) is 5.26 Å². The molecule has 2 aromatic rings. The van der Waals surface area contributed by atoms with Crippen LogP contribution in [-0.2, 0) is 6.18 Å². The summed E-state index contributed by atoms with van der Waals surface area (Å²) < 4.78 is 38.6. The Morgan fingerprint density at radius 2 is 1.84 bits per heavy atom. The molecule has 1 aromatic heterocycles. The molecule has 2 rings (SSSR count). The van der Waals surface area contributed by atoms with Crippen LogP contribution >= 0.6 is 0 Å². The maximum atomic E-state index is 12.9. The van der Waals surface area contributed by atoms with Gasteiger partial charge in [-0.3, -0.25) is 0 Å². The molecule has 0 aliphatic heterocycles. The summed E-state index contributed by atoms with van der Waals surface area (Å²) in [6.45, 7) is 3.64. The number of aromatic nitrogens is 1. The van der Waals surface area contributed by atoms with Gasteiger partial charge in [0.2, 0.25) is 0 Å². The molecule has 0 bridgehead atoms. The van der Waals surface area contributed by atoms with E-state index < -0.39 is 11.7 Å². The highest BCUT2D eigenvalue weighted by Gasteiger charge is 2.34. The van der Waals surface area contributed by atoms with E-state index in [-0.39, 0.29) is 5.56 Å². The third-order valence-electron chi connectivity index (χ3n) is 2.91. The lowest BCUT2D eigenvalue weighted by molar-refractivity contribution is -0.137.